The Bertz CT molecular complexity index is 166. The number of ether oxygens (including phenoxy) is 2. The second-order valence-corrected chi connectivity index (χ2v) is 8.52. The van der Waals surface area contributed by atoms with Gasteiger partial charge in [-0.3, -0.25) is 0 Å². The number of methoxy groups -OCH3 is 2. The van der Waals surface area contributed by atoms with Crippen LogP contribution in [0.1, 0.15) is 32.1 Å². The first kappa shape index (κ1) is 12.2. The minimum atomic E-state index is -1.88. The summed E-state index contributed by atoms with van der Waals surface area (Å²) in [6, 6.07) is 0. The summed E-state index contributed by atoms with van der Waals surface area (Å²) in [5, 5.41) is 6.45. The molecule has 1 fully saturated rings. The molecule has 0 amide bonds. The zero-order valence-electron chi connectivity index (χ0n) is 9.58. The zero-order chi connectivity index (χ0) is 10.6. The monoisotopic (exact) mass is 217 g/mol. The first-order chi connectivity index (χ1) is 6.62. The summed E-state index contributed by atoms with van der Waals surface area (Å²) in [6.45, 7) is 2.18. The highest BCUT2D eigenvalue weighted by Crippen LogP contribution is 2.36. The van der Waals surface area contributed by atoms with Gasteiger partial charge in [0.25, 0.3) is 0 Å². The largest absolute Gasteiger partial charge is 0.358 e. The van der Waals surface area contributed by atoms with Crippen molar-refractivity contribution >= 4 is 8.24 Å². The van der Waals surface area contributed by atoms with Gasteiger partial charge in [0.2, 0.25) is 0 Å². The molecule has 0 aliphatic heterocycles. The van der Waals surface area contributed by atoms with Crippen molar-refractivity contribution in [3.8, 4) is 0 Å². The lowest BCUT2D eigenvalue weighted by Gasteiger charge is -2.38. The van der Waals surface area contributed by atoms with Gasteiger partial charge < -0.3 is 14.9 Å². The number of nitrogens with two attached hydrogens (primary N) is 1. The molecule has 1 atom stereocenters. The maximum Gasteiger partial charge on any atom is 0.188 e. The molecule has 0 aromatic rings. The molecule has 0 bridgehead atoms. The van der Waals surface area contributed by atoms with Crippen LogP contribution in [0.5, 0.6) is 0 Å². The van der Waals surface area contributed by atoms with Gasteiger partial charge in [0.05, 0.1) is 0 Å². The Hall–Kier alpha value is 0.0969. The molecule has 3 nitrogen and oxygen atoms in total. The van der Waals surface area contributed by atoms with E-state index in [-0.39, 0.29) is 5.91 Å². The lowest BCUT2D eigenvalue weighted by molar-refractivity contribution is -0.0523. The minimum Gasteiger partial charge on any atom is -0.358 e. The summed E-state index contributed by atoms with van der Waals surface area (Å²) in [5.74, 6) is -0.148. The van der Waals surface area contributed by atoms with Crippen molar-refractivity contribution in [2.75, 3.05) is 14.2 Å². The van der Waals surface area contributed by atoms with E-state index in [0.29, 0.717) is 5.54 Å². The predicted octanol–water partition coefficient (Wildman–Crippen LogP) is 2.01. The molecule has 0 radical (unpaired) electrons. The Morgan fingerprint density at radius 3 is 2.07 bits per heavy atom. The lowest BCUT2D eigenvalue weighted by Crippen LogP contribution is -2.59. The number of hydrogen-bond acceptors (Lipinski definition) is 3. The number of hydrogen-bond donors (Lipinski definition) is 1. The maximum absolute atomic E-state index is 6.45. The average Bonchev–Trinajstić information content (AvgIpc) is 2.20. The molecular formula is C10H23NO2Si. The van der Waals surface area contributed by atoms with Crippen molar-refractivity contribution < 1.29 is 9.47 Å². The van der Waals surface area contributed by atoms with E-state index in [1.54, 1.807) is 14.2 Å². The van der Waals surface area contributed by atoms with Crippen molar-refractivity contribution in [2.24, 2.45) is 5.40 Å². The van der Waals surface area contributed by atoms with E-state index in [1.807, 2.05) is 0 Å². The lowest BCUT2D eigenvalue weighted by atomic mass is 10.0. The topological polar surface area (TPSA) is 44.5 Å². The van der Waals surface area contributed by atoms with Crippen molar-refractivity contribution in [3.05, 3.63) is 0 Å². The summed E-state index contributed by atoms with van der Waals surface area (Å²) >= 11 is 0. The predicted molar refractivity (Wildman–Crippen MR) is 60.4 cm³/mol. The van der Waals surface area contributed by atoms with Crippen LogP contribution < -0.4 is 5.40 Å². The first-order valence-electron chi connectivity index (χ1n) is 5.47. The van der Waals surface area contributed by atoms with Gasteiger partial charge in [-0.1, -0.05) is 38.7 Å². The van der Waals surface area contributed by atoms with E-state index in [1.165, 1.54) is 32.1 Å². The van der Waals surface area contributed by atoms with E-state index in [0.717, 1.165) is 0 Å². The molecule has 1 aliphatic carbocycles. The Balaban J connectivity index is 2.60. The van der Waals surface area contributed by atoms with Crippen molar-refractivity contribution in [2.45, 2.75) is 50.1 Å². The molecule has 0 aromatic carbocycles. The zero-order valence-corrected chi connectivity index (χ0v) is 10.6. The Morgan fingerprint density at radius 2 is 1.64 bits per heavy atom. The standard InChI is InChI=1S/C10H23NO2Si/c1-12-10(13-2)14(3,11)9-7-5-4-6-8-9/h9-10H,4-8,11H2,1-3H3. The van der Waals surface area contributed by atoms with Gasteiger partial charge in [0, 0.05) is 14.2 Å². The highest BCUT2D eigenvalue weighted by atomic mass is 28.3. The van der Waals surface area contributed by atoms with Crippen LogP contribution in [0.2, 0.25) is 12.1 Å². The van der Waals surface area contributed by atoms with Crippen LogP contribution in [0, 0.1) is 0 Å². The molecular weight excluding hydrogens is 194 g/mol. The molecule has 1 unspecified atom stereocenters. The molecule has 0 spiro atoms. The molecule has 84 valence electrons. The van der Waals surface area contributed by atoms with Crippen LogP contribution in [0.25, 0.3) is 0 Å². The summed E-state index contributed by atoms with van der Waals surface area (Å²) in [6.07, 6.45) is 6.55. The minimum absolute atomic E-state index is 0.148. The fourth-order valence-corrected chi connectivity index (χ4v) is 5.57. The van der Waals surface area contributed by atoms with Gasteiger partial charge in [-0.25, -0.2) is 0 Å². The van der Waals surface area contributed by atoms with E-state index < -0.39 is 8.24 Å². The highest BCUT2D eigenvalue weighted by Gasteiger charge is 2.42. The third-order valence-electron chi connectivity index (χ3n) is 3.42. The second kappa shape index (κ2) is 5.26. The van der Waals surface area contributed by atoms with Crippen LogP contribution >= 0.6 is 0 Å². The SMILES string of the molecule is COC(OC)[Si](C)(N)C1CCCCC1. The van der Waals surface area contributed by atoms with Crippen molar-refractivity contribution in [1.82, 2.24) is 0 Å². The van der Waals surface area contributed by atoms with E-state index in [2.05, 4.69) is 6.55 Å². The van der Waals surface area contributed by atoms with E-state index in [9.17, 15) is 0 Å². The van der Waals surface area contributed by atoms with Gasteiger partial charge in [-0.15, -0.1) is 0 Å². The van der Waals surface area contributed by atoms with Gasteiger partial charge in [-0.2, -0.15) is 0 Å². The van der Waals surface area contributed by atoms with Gasteiger partial charge in [0.15, 0.2) is 14.1 Å². The first-order valence-corrected chi connectivity index (χ1v) is 8.20. The molecule has 0 aromatic heterocycles. The highest BCUT2D eigenvalue weighted by molar-refractivity contribution is 6.77. The third kappa shape index (κ3) is 2.57. The van der Waals surface area contributed by atoms with Gasteiger partial charge in [0.1, 0.15) is 0 Å². The molecule has 1 saturated carbocycles. The molecule has 0 saturated heterocycles. The fraction of sp³-hybridized carbons (Fsp3) is 1.00. The average molecular weight is 217 g/mol. The van der Waals surface area contributed by atoms with Crippen LogP contribution in [0.15, 0.2) is 0 Å². The van der Waals surface area contributed by atoms with Gasteiger partial charge in [-0.05, 0) is 5.54 Å². The van der Waals surface area contributed by atoms with E-state index in [4.69, 9.17) is 14.9 Å². The second-order valence-electron chi connectivity index (χ2n) is 4.50. The van der Waals surface area contributed by atoms with Crippen LogP contribution in [-0.2, 0) is 9.47 Å². The summed E-state index contributed by atoms with van der Waals surface area (Å²) in [4.78, 5) is 0. The smallest absolute Gasteiger partial charge is 0.188 e. The van der Waals surface area contributed by atoms with Crippen LogP contribution in [0.3, 0.4) is 0 Å². The Kier molecular flexibility index (Phi) is 4.57. The summed E-state index contributed by atoms with van der Waals surface area (Å²) in [7, 11) is 1.50. The quantitative estimate of drug-likeness (QED) is 0.579. The molecule has 2 N–H and O–H groups in total. The van der Waals surface area contributed by atoms with E-state index >= 15 is 0 Å². The number of rotatable bonds is 4. The summed E-state index contributed by atoms with van der Waals surface area (Å²) < 4.78 is 10.7. The fourth-order valence-electron chi connectivity index (χ4n) is 2.52. The molecule has 1 rings (SSSR count). The van der Waals surface area contributed by atoms with Crippen molar-refractivity contribution in [3.63, 3.8) is 0 Å². The van der Waals surface area contributed by atoms with Crippen LogP contribution in [-0.4, -0.2) is 28.4 Å². The van der Waals surface area contributed by atoms with Gasteiger partial charge >= 0.3 is 0 Å². The normalized spacial score (nSPS) is 23.8. The Labute approximate surface area is 88.0 Å². The maximum atomic E-state index is 6.45. The summed E-state index contributed by atoms with van der Waals surface area (Å²) in [5.41, 5.74) is 0.668. The Morgan fingerprint density at radius 1 is 1.14 bits per heavy atom. The molecule has 1 aliphatic rings. The third-order valence-corrected chi connectivity index (χ3v) is 7.24. The van der Waals surface area contributed by atoms with Crippen LogP contribution in [0.4, 0.5) is 0 Å². The molecule has 14 heavy (non-hydrogen) atoms. The van der Waals surface area contributed by atoms with Crippen molar-refractivity contribution in [1.29, 1.82) is 0 Å². The molecule has 0 heterocycles. The molecule has 4 heteroatoms.